The van der Waals surface area contributed by atoms with Crippen molar-refractivity contribution in [1.29, 1.82) is 0 Å². The quantitative estimate of drug-likeness (QED) is 0.634. The van der Waals surface area contributed by atoms with E-state index in [9.17, 15) is 0 Å². The Morgan fingerprint density at radius 1 is 0.880 bits per heavy atom. The van der Waals surface area contributed by atoms with Crippen LogP contribution in [0.3, 0.4) is 0 Å². The van der Waals surface area contributed by atoms with E-state index in [4.69, 9.17) is 0 Å². The molecular formula is C22H27N3. The van der Waals surface area contributed by atoms with Gasteiger partial charge < -0.3 is 4.57 Å². The average Bonchev–Trinajstić information content (AvgIpc) is 3.11. The molecule has 2 N–H and O–H groups in total. The SMILES string of the molecule is c1ccc(CNC(NC2CCCCC2)n2ccc3ccccc32)cc1. The maximum absolute atomic E-state index is 3.87. The van der Waals surface area contributed by atoms with Gasteiger partial charge in [-0.15, -0.1) is 0 Å². The number of hydrogen-bond acceptors (Lipinski definition) is 2. The van der Waals surface area contributed by atoms with Gasteiger partial charge in [-0.1, -0.05) is 67.8 Å². The van der Waals surface area contributed by atoms with Crippen LogP contribution in [-0.4, -0.2) is 10.6 Å². The van der Waals surface area contributed by atoms with Gasteiger partial charge in [0.05, 0.1) is 5.52 Å². The van der Waals surface area contributed by atoms with E-state index in [1.807, 2.05) is 0 Å². The molecular weight excluding hydrogens is 306 g/mol. The third kappa shape index (κ3) is 3.94. The molecule has 1 heterocycles. The second-order valence-electron chi connectivity index (χ2n) is 7.05. The van der Waals surface area contributed by atoms with Crippen LogP contribution in [0.4, 0.5) is 0 Å². The van der Waals surface area contributed by atoms with Gasteiger partial charge in [0.1, 0.15) is 6.29 Å². The van der Waals surface area contributed by atoms with E-state index < -0.39 is 0 Å². The average molecular weight is 333 g/mol. The minimum Gasteiger partial charge on any atom is -0.319 e. The minimum absolute atomic E-state index is 0.114. The van der Waals surface area contributed by atoms with Crippen molar-refractivity contribution in [2.75, 3.05) is 0 Å². The van der Waals surface area contributed by atoms with Crippen molar-refractivity contribution in [3.63, 3.8) is 0 Å². The van der Waals surface area contributed by atoms with Crippen molar-refractivity contribution >= 4 is 10.9 Å². The summed E-state index contributed by atoms with van der Waals surface area (Å²) in [4.78, 5) is 0. The first kappa shape index (κ1) is 16.4. The minimum atomic E-state index is 0.114. The van der Waals surface area contributed by atoms with Crippen molar-refractivity contribution in [3.05, 3.63) is 72.4 Å². The molecule has 0 saturated heterocycles. The number of hydrogen-bond donors (Lipinski definition) is 2. The second kappa shape index (κ2) is 7.85. The molecule has 3 aromatic rings. The van der Waals surface area contributed by atoms with Crippen molar-refractivity contribution in [2.45, 2.75) is 51.0 Å². The lowest BCUT2D eigenvalue weighted by molar-refractivity contribution is 0.257. The first-order chi connectivity index (χ1) is 12.4. The van der Waals surface area contributed by atoms with Crippen LogP contribution in [0.5, 0.6) is 0 Å². The summed E-state index contributed by atoms with van der Waals surface area (Å²) in [6.07, 6.45) is 8.94. The molecule has 1 unspecified atom stereocenters. The van der Waals surface area contributed by atoms with E-state index in [1.54, 1.807) is 0 Å². The van der Waals surface area contributed by atoms with Crippen LogP contribution in [0, 0.1) is 0 Å². The fourth-order valence-electron chi connectivity index (χ4n) is 3.87. The first-order valence-corrected chi connectivity index (χ1v) is 9.49. The topological polar surface area (TPSA) is 29.0 Å². The molecule has 1 atom stereocenters. The molecule has 130 valence electrons. The summed E-state index contributed by atoms with van der Waals surface area (Å²) in [5, 5.41) is 8.89. The zero-order valence-corrected chi connectivity index (χ0v) is 14.7. The fraction of sp³-hybridized carbons (Fsp3) is 0.364. The highest BCUT2D eigenvalue weighted by Gasteiger charge is 2.19. The summed E-state index contributed by atoms with van der Waals surface area (Å²) in [5.74, 6) is 0. The van der Waals surface area contributed by atoms with Gasteiger partial charge in [-0.25, -0.2) is 0 Å². The Labute approximate surface area is 150 Å². The Hall–Kier alpha value is -2.10. The van der Waals surface area contributed by atoms with E-state index in [0.717, 1.165) is 6.54 Å². The molecule has 0 aliphatic heterocycles. The van der Waals surface area contributed by atoms with Crippen molar-refractivity contribution in [3.8, 4) is 0 Å². The van der Waals surface area contributed by atoms with Gasteiger partial charge in [-0.05, 0) is 35.9 Å². The zero-order valence-electron chi connectivity index (χ0n) is 14.7. The van der Waals surface area contributed by atoms with Gasteiger partial charge in [0.15, 0.2) is 0 Å². The number of para-hydroxylation sites is 1. The third-order valence-electron chi connectivity index (χ3n) is 5.25. The molecule has 0 bridgehead atoms. The monoisotopic (exact) mass is 333 g/mol. The molecule has 1 aliphatic rings. The first-order valence-electron chi connectivity index (χ1n) is 9.49. The molecule has 0 spiro atoms. The lowest BCUT2D eigenvalue weighted by Gasteiger charge is -2.30. The summed E-state index contributed by atoms with van der Waals surface area (Å²) < 4.78 is 2.34. The lowest BCUT2D eigenvalue weighted by Crippen LogP contribution is -2.44. The second-order valence-corrected chi connectivity index (χ2v) is 7.05. The van der Waals surface area contributed by atoms with Crippen LogP contribution in [0.2, 0.25) is 0 Å². The van der Waals surface area contributed by atoms with Gasteiger partial charge >= 0.3 is 0 Å². The molecule has 1 aliphatic carbocycles. The van der Waals surface area contributed by atoms with Crippen LogP contribution in [0.25, 0.3) is 10.9 Å². The van der Waals surface area contributed by atoms with Gasteiger partial charge in [-0.2, -0.15) is 0 Å². The molecule has 25 heavy (non-hydrogen) atoms. The van der Waals surface area contributed by atoms with Crippen LogP contribution in [0.15, 0.2) is 66.9 Å². The molecule has 1 saturated carbocycles. The van der Waals surface area contributed by atoms with Crippen LogP contribution >= 0.6 is 0 Å². The number of rotatable bonds is 6. The Morgan fingerprint density at radius 2 is 1.64 bits per heavy atom. The smallest absolute Gasteiger partial charge is 0.139 e. The third-order valence-corrected chi connectivity index (χ3v) is 5.25. The molecule has 0 amide bonds. The summed E-state index contributed by atoms with van der Waals surface area (Å²) in [6.45, 7) is 0.859. The van der Waals surface area contributed by atoms with E-state index in [-0.39, 0.29) is 6.29 Å². The molecule has 2 aromatic carbocycles. The van der Waals surface area contributed by atoms with Gasteiger partial charge in [0.2, 0.25) is 0 Å². The number of nitrogens with one attached hydrogen (secondary N) is 2. The molecule has 3 heteroatoms. The molecule has 4 rings (SSSR count). The maximum Gasteiger partial charge on any atom is 0.139 e. The molecule has 3 nitrogen and oxygen atoms in total. The number of nitrogens with zero attached hydrogens (tertiary/aromatic N) is 1. The molecule has 1 aromatic heterocycles. The van der Waals surface area contributed by atoms with Crippen LogP contribution in [0.1, 0.15) is 44.0 Å². The molecule has 0 radical (unpaired) electrons. The zero-order chi connectivity index (χ0) is 16.9. The normalized spacial score (nSPS) is 17.0. The summed E-state index contributed by atoms with van der Waals surface area (Å²) in [7, 11) is 0. The highest BCUT2D eigenvalue weighted by atomic mass is 15.3. The maximum atomic E-state index is 3.87. The highest BCUT2D eigenvalue weighted by molar-refractivity contribution is 5.80. The highest BCUT2D eigenvalue weighted by Crippen LogP contribution is 2.22. The number of fused-ring (bicyclic) bond motifs is 1. The van der Waals surface area contributed by atoms with E-state index >= 15 is 0 Å². The lowest BCUT2D eigenvalue weighted by atomic mass is 9.95. The fourth-order valence-corrected chi connectivity index (χ4v) is 3.87. The van der Waals surface area contributed by atoms with E-state index in [0.29, 0.717) is 6.04 Å². The van der Waals surface area contributed by atoms with Gasteiger partial charge in [-0.3, -0.25) is 10.6 Å². The number of benzene rings is 2. The summed E-state index contributed by atoms with van der Waals surface area (Å²) >= 11 is 0. The summed E-state index contributed by atoms with van der Waals surface area (Å²) in [6, 6.07) is 22.0. The van der Waals surface area contributed by atoms with Crippen LogP contribution < -0.4 is 10.6 Å². The predicted octanol–water partition coefficient (Wildman–Crippen LogP) is 4.81. The Bertz CT molecular complexity index is 787. The Balaban J connectivity index is 1.56. The Morgan fingerprint density at radius 3 is 2.48 bits per heavy atom. The molecule has 1 fully saturated rings. The van der Waals surface area contributed by atoms with E-state index in [2.05, 4.69) is 82.1 Å². The summed E-state index contributed by atoms with van der Waals surface area (Å²) in [5.41, 5.74) is 2.59. The van der Waals surface area contributed by atoms with Gasteiger partial charge in [0.25, 0.3) is 0 Å². The largest absolute Gasteiger partial charge is 0.319 e. The van der Waals surface area contributed by atoms with Gasteiger partial charge in [0, 0.05) is 18.8 Å². The van der Waals surface area contributed by atoms with Crippen molar-refractivity contribution < 1.29 is 0 Å². The van der Waals surface area contributed by atoms with Crippen molar-refractivity contribution in [1.82, 2.24) is 15.2 Å². The van der Waals surface area contributed by atoms with E-state index in [1.165, 1.54) is 48.6 Å². The van der Waals surface area contributed by atoms with Crippen molar-refractivity contribution in [2.24, 2.45) is 0 Å². The Kier molecular flexibility index (Phi) is 5.14. The van der Waals surface area contributed by atoms with Crippen LogP contribution in [-0.2, 0) is 6.54 Å². The number of aromatic nitrogens is 1. The predicted molar refractivity (Wildman–Crippen MR) is 104 cm³/mol. The standard InChI is InChI=1S/C22H27N3/c1-3-9-18(10-4-1)17-23-22(24-20-12-5-2-6-13-20)25-16-15-19-11-7-8-14-21(19)25/h1,3-4,7-11,14-16,20,22-24H,2,5-6,12-13,17H2.